The van der Waals surface area contributed by atoms with Crippen molar-refractivity contribution in [2.45, 2.75) is 13.5 Å². The van der Waals surface area contributed by atoms with Gasteiger partial charge in [0.2, 0.25) is 0 Å². The summed E-state index contributed by atoms with van der Waals surface area (Å²) >= 11 is 11.8. The number of carbonyl (C=O) groups excluding carboxylic acids is 1. The maximum atomic E-state index is 14.9. The summed E-state index contributed by atoms with van der Waals surface area (Å²) in [5.41, 5.74) is 0.194. The predicted molar refractivity (Wildman–Crippen MR) is 102 cm³/mol. The molecule has 0 fully saturated rings. The van der Waals surface area contributed by atoms with Crippen LogP contribution in [0.25, 0.3) is 0 Å². The molecule has 1 aromatic heterocycles. The summed E-state index contributed by atoms with van der Waals surface area (Å²) in [6.07, 6.45) is 0. The quantitative estimate of drug-likeness (QED) is 0.594. The van der Waals surface area contributed by atoms with Crippen molar-refractivity contribution in [1.82, 2.24) is 15.3 Å². The van der Waals surface area contributed by atoms with Gasteiger partial charge in [-0.15, -0.1) is 0 Å². The number of nitrogens with zero attached hydrogens (tertiary/aromatic N) is 2. The molecular weight excluding hydrogens is 425 g/mol. The molecule has 0 saturated heterocycles. The Balaban J connectivity index is 1.81. The van der Waals surface area contributed by atoms with E-state index in [0.717, 1.165) is 6.07 Å². The summed E-state index contributed by atoms with van der Waals surface area (Å²) in [5.74, 6) is -2.54. The lowest BCUT2D eigenvalue weighted by atomic mass is 10.2. The van der Waals surface area contributed by atoms with E-state index < -0.39 is 23.3 Å². The number of nitrogens with one attached hydrogen (secondary N) is 2. The first-order valence-corrected chi connectivity index (χ1v) is 8.90. The van der Waals surface area contributed by atoms with Gasteiger partial charge in [-0.2, -0.15) is 5.26 Å². The van der Waals surface area contributed by atoms with Crippen molar-refractivity contribution < 1.29 is 18.3 Å². The third-order valence-corrected chi connectivity index (χ3v) is 4.42. The number of aromatic amines is 1. The number of rotatable bonds is 5. The zero-order valence-corrected chi connectivity index (χ0v) is 16.3. The molecule has 0 aliphatic rings. The van der Waals surface area contributed by atoms with E-state index in [-0.39, 0.29) is 39.3 Å². The van der Waals surface area contributed by atoms with Gasteiger partial charge in [0.25, 0.3) is 5.91 Å². The highest BCUT2D eigenvalue weighted by Gasteiger charge is 2.19. The summed E-state index contributed by atoms with van der Waals surface area (Å²) in [6.45, 7) is 1.43. The average molecular weight is 437 g/mol. The number of halogens is 4. The number of carbonyl (C=O) groups is 1. The molecule has 0 radical (unpaired) electrons. The van der Waals surface area contributed by atoms with E-state index in [0.29, 0.717) is 5.82 Å². The van der Waals surface area contributed by atoms with Crippen LogP contribution in [0.1, 0.15) is 27.4 Å². The summed E-state index contributed by atoms with van der Waals surface area (Å²) < 4.78 is 34.2. The number of nitriles is 1. The predicted octanol–water partition coefficient (Wildman–Crippen LogP) is 4.90. The number of imidazole rings is 1. The van der Waals surface area contributed by atoms with Crippen LogP contribution in [0.3, 0.4) is 0 Å². The minimum Gasteiger partial charge on any atom is -0.450 e. The lowest BCUT2D eigenvalue weighted by Crippen LogP contribution is -2.24. The van der Waals surface area contributed by atoms with E-state index >= 15 is 0 Å². The zero-order valence-electron chi connectivity index (χ0n) is 14.8. The standard InChI is InChI=1S/C19H12Cl2F2N4O2/c1-9-26-16(18(21)27-9)19(28)25-8-11-3-4-12(20)17(15(11)23)29-14-5-2-10(7-24)6-13(14)22/h2-6H,8H2,1H3,(H,25,28)(H,26,27). The van der Waals surface area contributed by atoms with Crippen molar-refractivity contribution >= 4 is 29.1 Å². The first-order chi connectivity index (χ1) is 13.8. The number of hydrogen-bond donors (Lipinski definition) is 2. The van der Waals surface area contributed by atoms with E-state index in [1.165, 1.54) is 24.3 Å². The number of hydrogen-bond acceptors (Lipinski definition) is 4. The fourth-order valence-electron chi connectivity index (χ4n) is 2.44. The Kier molecular flexibility index (Phi) is 6.01. The molecule has 3 rings (SSSR count). The van der Waals surface area contributed by atoms with Gasteiger partial charge in [-0.25, -0.2) is 13.8 Å². The smallest absolute Gasteiger partial charge is 0.271 e. The van der Waals surface area contributed by atoms with Gasteiger partial charge in [0.1, 0.15) is 11.5 Å². The molecule has 29 heavy (non-hydrogen) atoms. The molecule has 0 aliphatic heterocycles. The van der Waals surface area contributed by atoms with Crippen molar-refractivity contribution in [3.63, 3.8) is 0 Å². The number of aryl methyl sites for hydroxylation is 1. The normalized spacial score (nSPS) is 10.5. The number of aromatic nitrogens is 2. The maximum Gasteiger partial charge on any atom is 0.271 e. The second kappa shape index (κ2) is 8.47. The van der Waals surface area contributed by atoms with E-state index in [4.69, 9.17) is 33.2 Å². The van der Waals surface area contributed by atoms with Gasteiger partial charge in [0, 0.05) is 12.1 Å². The molecule has 2 aromatic carbocycles. The molecule has 1 amide bonds. The van der Waals surface area contributed by atoms with E-state index in [9.17, 15) is 13.6 Å². The molecule has 0 bridgehead atoms. The molecule has 6 nitrogen and oxygen atoms in total. The SMILES string of the molecule is Cc1nc(Cl)c(C(=O)NCc2ccc(Cl)c(Oc3ccc(C#N)cc3F)c2F)[nH]1. The highest BCUT2D eigenvalue weighted by Crippen LogP contribution is 2.35. The molecule has 10 heteroatoms. The highest BCUT2D eigenvalue weighted by atomic mass is 35.5. The van der Waals surface area contributed by atoms with Crippen LogP contribution in [0, 0.1) is 29.9 Å². The van der Waals surface area contributed by atoms with Gasteiger partial charge in [-0.05, 0) is 31.2 Å². The third-order valence-electron chi connectivity index (χ3n) is 3.85. The van der Waals surface area contributed by atoms with Crippen molar-refractivity contribution in [2.24, 2.45) is 0 Å². The Hall–Kier alpha value is -3.15. The molecule has 0 saturated carbocycles. The Morgan fingerprint density at radius 1 is 1.31 bits per heavy atom. The second-order valence-electron chi connectivity index (χ2n) is 5.88. The molecule has 148 valence electrons. The fraction of sp³-hybridized carbons (Fsp3) is 0.105. The van der Waals surface area contributed by atoms with E-state index in [1.807, 2.05) is 0 Å². The first-order valence-electron chi connectivity index (χ1n) is 8.14. The van der Waals surface area contributed by atoms with Gasteiger partial charge < -0.3 is 15.0 Å². The molecule has 1 heterocycles. The molecular formula is C19H12Cl2F2N4O2. The molecule has 0 atom stereocenters. The number of benzene rings is 2. The lowest BCUT2D eigenvalue weighted by Gasteiger charge is -2.13. The van der Waals surface area contributed by atoms with Crippen LogP contribution in [0.4, 0.5) is 8.78 Å². The van der Waals surface area contributed by atoms with Gasteiger partial charge >= 0.3 is 0 Å². The Morgan fingerprint density at radius 3 is 2.69 bits per heavy atom. The minimum atomic E-state index is -0.867. The largest absolute Gasteiger partial charge is 0.450 e. The van der Waals surface area contributed by atoms with Crippen LogP contribution in [-0.2, 0) is 6.54 Å². The minimum absolute atomic E-state index is 0.00288. The number of H-pyrrole nitrogens is 1. The van der Waals surface area contributed by atoms with Crippen molar-refractivity contribution in [1.29, 1.82) is 5.26 Å². The van der Waals surface area contributed by atoms with Crippen molar-refractivity contribution in [3.05, 3.63) is 74.8 Å². The van der Waals surface area contributed by atoms with Crippen LogP contribution in [-0.4, -0.2) is 15.9 Å². The summed E-state index contributed by atoms with van der Waals surface area (Å²) in [5, 5.41) is 11.2. The number of ether oxygens (including phenoxy) is 1. The van der Waals surface area contributed by atoms with Crippen LogP contribution in [0.2, 0.25) is 10.2 Å². The van der Waals surface area contributed by atoms with Crippen LogP contribution < -0.4 is 10.1 Å². The topological polar surface area (TPSA) is 90.8 Å². The molecule has 2 N–H and O–H groups in total. The number of amides is 1. The van der Waals surface area contributed by atoms with Gasteiger partial charge in [0.15, 0.2) is 28.3 Å². The second-order valence-corrected chi connectivity index (χ2v) is 6.64. The average Bonchev–Trinajstić information content (AvgIpc) is 3.03. The molecule has 0 spiro atoms. The molecule has 0 aliphatic carbocycles. The molecule has 0 unspecified atom stereocenters. The maximum absolute atomic E-state index is 14.9. The van der Waals surface area contributed by atoms with Gasteiger partial charge in [-0.1, -0.05) is 29.3 Å². The van der Waals surface area contributed by atoms with Crippen LogP contribution >= 0.6 is 23.2 Å². The monoisotopic (exact) mass is 436 g/mol. The van der Waals surface area contributed by atoms with Crippen LogP contribution in [0.5, 0.6) is 11.5 Å². The Morgan fingerprint density at radius 2 is 2.07 bits per heavy atom. The van der Waals surface area contributed by atoms with Crippen molar-refractivity contribution in [3.8, 4) is 17.6 Å². The first kappa shape index (κ1) is 20.6. The van der Waals surface area contributed by atoms with Gasteiger partial charge in [-0.3, -0.25) is 4.79 Å². The van der Waals surface area contributed by atoms with Crippen LogP contribution in [0.15, 0.2) is 30.3 Å². The Bertz CT molecular complexity index is 1140. The summed E-state index contributed by atoms with van der Waals surface area (Å²) in [7, 11) is 0. The van der Waals surface area contributed by atoms with Crippen molar-refractivity contribution in [2.75, 3.05) is 0 Å². The zero-order chi connectivity index (χ0) is 21.1. The van der Waals surface area contributed by atoms with E-state index in [2.05, 4.69) is 15.3 Å². The van der Waals surface area contributed by atoms with Gasteiger partial charge in [0.05, 0.1) is 16.7 Å². The third kappa shape index (κ3) is 4.47. The van der Waals surface area contributed by atoms with E-state index in [1.54, 1.807) is 13.0 Å². The highest BCUT2D eigenvalue weighted by molar-refractivity contribution is 6.32. The Labute approximate surface area is 174 Å². The molecule has 3 aromatic rings. The lowest BCUT2D eigenvalue weighted by molar-refractivity contribution is 0.0946. The summed E-state index contributed by atoms with van der Waals surface area (Å²) in [6, 6.07) is 7.98. The fourth-order valence-corrected chi connectivity index (χ4v) is 2.89. The summed E-state index contributed by atoms with van der Waals surface area (Å²) in [4.78, 5) is 18.8.